The van der Waals surface area contributed by atoms with Crippen LogP contribution in [0.3, 0.4) is 0 Å². The number of amides is 4. The molecule has 4 aromatic rings. The Bertz CT molecular complexity index is 2420. The zero-order chi connectivity index (χ0) is 49.7. The first-order valence-corrected chi connectivity index (χ1v) is 26.1. The van der Waals surface area contributed by atoms with Gasteiger partial charge in [0.15, 0.2) is 0 Å². The highest BCUT2D eigenvalue weighted by atomic mass is 16.5. The first-order valence-electron chi connectivity index (χ1n) is 26.1. The molecular weight excluding hydrogens is 895 g/mol. The summed E-state index contributed by atoms with van der Waals surface area (Å²) in [5, 5.41) is 9.51. The predicted octanol–water partition coefficient (Wildman–Crippen LogP) is 8.04. The van der Waals surface area contributed by atoms with Crippen LogP contribution in [-0.2, 0) is 25.4 Å². The lowest BCUT2D eigenvalue weighted by Gasteiger charge is -2.55. The number of carbonyl (C=O) groups is 4. The SMILES string of the molecule is CCN(CC)c1ccc(NC(=O)c2cccc(C(=O)N(C)CCN(C)CCOCCOCCOCCNC(=O)C34CC5CC(CC(C5)C3)C4)c2)c(-c2cc(C(=O)N[C@H]3CCCc4ccccc43)ccn2)c1. The Balaban J connectivity index is 0.753. The Kier molecular flexibility index (Phi) is 17.9. The van der Waals surface area contributed by atoms with Crippen molar-refractivity contribution < 1.29 is 33.4 Å². The van der Waals surface area contributed by atoms with Gasteiger partial charge >= 0.3 is 0 Å². The van der Waals surface area contributed by atoms with Crippen molar-refractivity contribution in [3.05, 3.63) is 113 Å². The molecule has 1 aromatic heterocycles. The largest absolute Gasteiger partial charge is 0.378 e. The number of hydrogen-bond donors (Lipinski definition) is 3. The topological polar surface area (TPSA) is 155 Å². The zero-order valence-corrected chi connectivity index (χ0v) is 42.4. The third-order valence-electron chi connectivity index (χ3n) is 15.3. The fraction of sp³-hybridized carbons (Fsp3) is 0.526. The summed E-state index contributed by atoms with van der Waals surface area (Å²) in [5.74, 6) is 1.78. The van der Waals surface area contributed by atoms with Gasteiger partial charge in [-0.05, 0) is 156 Å². The van der Waals surface area contributed by atoms with Crippen molar-refractivity contribution in [1.29, 1.82) is 0 Å². The van der Waals surface area contributed by atoms with Crippen LogP contribution in [0.1, 0.15) is 113 Å². The summed E-state index contributed by atoms with van der Waals surface area (Å²) in [4.78, 5) is 65.1. The van der Waals surface area contributed by atoms with E-state index in [0.29, 0.717) is 99.5 Å². The van der Waals surface area contributed by atoms with Crippen LogP contribution in [0.25, 0.3) is 11.3 Å². The van der Waals surface area contributed by atoms with Crippen LogP contribution < -0.4 is 20.9 Å². The smallest absolute Gasteiger partial charge is 0.255 e. The molecule has 0 aliphatic heterocycles. The first kappa shape index (κ1) is 51.7. The van der Waals surface area contributed by atoms with Gasteiger partial charge in [-0.3, -0.25) is 24.2 Å². The number of nitrogens with zero attached hydrogens (tertiary/aromatic N) is 4. The molecule has 4 amide bonds. The number of benzene rings is 3. The highest BCUT2D eigenvalue weighted by Crippen LogP contribution is 2.60. The second-order valence-electron chi connectivity index (χ2n) is 20.3. The minimum atomic E-state index is -0.369. The standard InChI is InChI=1S/C57H75N7O7/c1-5-64(6-2)47-17-18-51(49(36-47)52-35-45(19-20-58-52)54(66)60-50-16-10-12-43-11-7-8-15-48(43)50)61-53(65)44-13-9-14-46(34-44)55(67)63(4)23-22-62(3)24-26-70-28-30-71-29-27-69-25-21-59-56(68)57-37-40-31-41(38-57)33-42(32-40)39-57/h7-9,11,13-15,17-20,34-36,40-42,50H,5-6,10,12,16,21-33,37-39H2,1-4H3,(H,59,68)(H,60,66)(H,61,65)/t40?,41?,42?,50-,57?/m0/s1. The van der Waals surface area contributed by atoms with E-state index in [9.17, 15) is 19.2 Å². The molecule has 5 aliphatic rings. The molecule has 4 saturated carbocycles. The summed E-state index contributed by atoms with van der Waals surface area (Å²) in [7, 11) is 3.76. The molecule has 1 atom stereocenters. The van der Waals surface area contributed by atoms with Crippen molar-refractivity contribution in [2.24, 2.45) is 23.2 Å². The quantitative estimate of drug-likeness (QED) is 0.0557. The number of likely N-dealkylation sites (N-methyl/N-ethyl adjacent to an activating group) is 2. The Morgan fingerprint density at radius 3 is 2.11 bits per heavy atom. The fourth-order valence-corrected chi connectivity index (χ4v) is 11.8. The molecule has 0 spiro atoms. The average Bonchev–Trinajstić information content (AvgIpc) is 3.38. The molecular formula is C57H75N7O7. The summed E-state index contributed by atoms with van der Waals surface area (Å²) in [6, 6.07) is 24.3. The van der Waals surface area contributed by atoms with E-state index in [1.165, 1.54) is 30.4 Å². The highest BCUT2D eigenvalue weighted by molar-refractivity contribution is 6.08. The second-order valence-corrected chi connectivity index (χ2v) is 20.3. The van der Waals surface area contributed by atoms with Gasteiger partial charge in [-0.1, -0.05) is 30.3 Å². The van der Waals surface area contributed by atoms with E-state index in [1.807, 2.05) is 37.4 Å². The molecule has 71 heavy (non-hydrogen) atoms. The van der Waals surface area contributed by atoms with Crippen molar-refractivity contribution in [3.63, 3.8) is 0 Å². The first-order chi connectivity index (χ1) is 34.5. The minimum absolute atomic E-state index is 0.0662. The number of nitrogens with one attached hydrogen (secondary N) is 3. The molecule has 5 aliphatic carbocycles. The summed E-state index contributed by atoms with van der Waals surface area (Å²) in [6.07, 6.45) is 11.8. The Labute approximate surface area is 420 Å². The van der Waals surface area contributed by atoms with E-state index in [0.717, 1.165) is 75.1 Å². The fourth-order valence-electron chi connectivity index (χ4n) is 11.8. The van der Waals surface area contributed by atoms with Crippen LogP contribution in [-0.4, -0.2) is 131 Å². The lowest BCUT2D eigenvalue weighted by atomic mass is 9.49. The van der Waals surface area contributed by atoms with Gasteiger partial charge in [0.25, 0.3) is 17.7 Å². The monoisotopic (exact) mass is 970 g/mol. The number of carbonyl (C=O) groups excluding carboxylic acids is 4. The Hall–Kier alpha value is -5.67. The molecule has 0 radical (unpaired) electrons. The maximum atomic E-state index is 14.0. The van der Waals surface area contributed by atoms with Crippen molar-refractivity contribution in [2.75, 3.05) is 103 Å². The molecule has 3 N–H and O–H groups in total. The third kappa shape index (κ3) is 13.3. The van der Waals surface area contributed by atoms with Gasteiger partial charge in [0.05, 0.1) is 57.1 Å². The van der Waals surface area contributed by atoms with Crippen molar-refractivity contribution in [1.82, 2.24) is 25.4 Å². The highest BCUT2D eigenvalue weighted by Gasteiger charge is 2.54. The van der Waals surface area contributed by atoms with Crippen molar-refractivity contribution >= 4 is 35.0 Å². The number of ether oxygens (including phenoxy) is 3. The number of hydrogen-bond acceptors (Lipinski definition) is 10. The van der Waals surface area contributed by atoms with E-state index in [1.54, 1.807) is 54.5 Å². The molecule has 4 bridgehead atoms. The van der Waals surface area contributed by atoms with Gasteiger partial charge < -0.3 is 44.9 Å². The van der Waals surface area contributed by atoms with E-state index in [2.05, 4.69) is 51.7 Å². The van der Waals surface area contributed by atoms with Crippen molar-refractivity contribution in [3.8, 4) is 11.3 Å². The number of fused-ring (bicyclic) bond motifs is 1. The van der Waals surface area contributed by atoms with Crippen LogP contribution >= 0.6 is 0 Å². The maximum absolute atomic E-state index is 14.0. The average molecular weight is 970 g/mol. The number of aromatic nitrogens is 1. The number of pyridine rings is 1. The zero-order valence-electron chi connectivity index (χ0n) is 42.4. The van der Waals surface area contributed by atoms with E-state index < -0.39 is 0 Å². The minimum Gasteiger partial charge on any atom is -0.378 e. The normalized spacial score (nSPS) is 20.9. The van der Waals surface area contributed by atoms with Crippen LogP contribution in [0.5, 0.6) is 0 Å². The Morgan fingerprint density at radius 1 is 0.704 bits per heavy atom. The second kappa shape index (κ2) is 24.6. The molecule has 0 saturated heterocycles. The molecule has 4 fully saturated rings. The van der Waals surface area contributed by atoms with E-state index in [4.69, 9.17) is 19.2 Å². The summed E-state index contributed by atoms with van der Waals surface area (Å²) in [6.45, 7) is 11.0. The molecule has 14 heteroatoms. The van der Waals surface area contributed by atoms with E-state index in [-0.39, 0.29) is 35.1 Å². The molecule has 14 nitrogen and oxygen atoms in total. The summed E-state index contributed by atoms with van der Waals surface area (Å²) < 4.78 is 17.2. The van der Waals surface area contributed by atoms with Gasteiger partial charge in [-0.2, -0.15) is 0 Å². The Morgan fingerprint density at radius 2 is 1.38 bits per heavy atom. The third-order valence-corrected chi connectivity index (χ3v) is 15.3. The van der Waals surface area contributed by atoms with Crippen LogP contribution in [0.15, 0.2) is 85.1 Å². The maximum Gasteiger partial charge on any atom is 0.255 e. The van der Waals surface area contributed by atoms with Crippen LogP contribution in [0, 0.1) is 23.2 Å². The number of anilines is 2. The van der Waals surface area contributed by atoms with Gasteiger partial charge in [0.1, 0.15) is 0 Å². The van der Waals surface area contributed by atoms with Crippen LogP contribution in [0.2, 0.25) is 0 Å². The lowest BCUT2D eigenvalue weighted by Crippen LogP contribution is -2.53. The number of rotatable bonds is 25. The van der Waals surface area contributed by atoms with Crippen LogP contribution in [0.4, 0.5) is 11.4 Å². The molecule has 9 rings (SSSR count). The summed E-state index contributed by atoms with van der Waals surface area (Å²) >= 11 is 0. The van der Waals surface area contributed by atoms with Gasteiger partial charge in [-0.15, -0.1) is 0 Å². The molecule has 3 aromatic carbocycles. The van der Waals surface area contributed by atoms with Crippen molar-refractivity contribution in [2.45, 2.75) is 77.7 Å². The molecule has 0 unspecified atom stereocenters. The predicted molar refractivity (Wildman–Crippen MR) is 278 cm³/mol. The van der Waals surface area contributed by atoms with Gasteiger partial charge in [-0.25, -0.2) is 0 Å². The summed E-state index contributed by atoms with van der Waals surface area (Å²) in [5.41, 5.74) is 6.30. The van der Waals surface area contributed by atoms with Gasteiger partial charge in [0.2, 0.25) is 5.91 Å². The van der Waals surface area contributed by atoms with E-state index >= 15 is 0 Å². The molecule has 380 valence electrons. The van der Waals surface area contributed by atoms with Gasteiger partial charge in [0, 0.05) is 85.9 Å². The molecule has 1 heterocycles. The lowest BCUT2D eigenvalue weighted by molar-refractivity contribution is -0.146. The number of aryl methyl sites for hydroxylation is 1.